The summed E-state index contributed by atoms with van der Waals surface area (Å²) >= 11 is 10.3. The van der Waals surface area contributed by atoms with E-state index in [1.54, 1.807) is 11.0 Å². The lowest BCUT2D eigenvalue weighted by Gasteiger charge is -2.27. The Morgan fingerprint density at radius 3 is 2.71 bits per heavy atom. The van der Waals surface area contributed by atoms with Gasteiger partial charge in [0.15, 0.2) is 4.45 Å². The lowest BCUT2D eigenvalue weighted by atomic mass is 9.98. The van der Waals surface area contributed by atoms with Gasteiger partial charge in [0, 0.05) is 30.8 Å². The van der Waals surface area contributed by atoms with Gasteiger partial charge in [0.1, 0.15) is 23.9 Å². The van der Waals surface area contributed by atoms with Gasteiger partial charge in [0.2, 0.25) is 5.91 Å². The van der Waals surface area contributed by atoms with E-state index < -0.39 is 11.6 Å². The molecular formula is C24H24ClF2N5O2S. The number of nitrogens with zero attached hydrogens (tertiary/aromatic N) is 4. The molecule has 11 heteroatoms. The standard InChI is InChI=1S/C24H24ClF2N5O2S/c25-24(35)28-12-18-13-32(30-29-18)19-10-20(26)23(21(27)11-19)17-6-8-31(9-7-17)22(33)15-34-14-16-4-2-1-3-5-16/h1-2,4,6,10-11,13H,3,5,7-9,12,14-15H2,(H,28,35). The van der Waals surface area contributed by atoms with Crippen molar-refractivity contribution in [3.63, 3.8) is 0 Å². The number of hydrogen-bond acceptors (Lipinski definition) is 5. The van der Waals surface area contributed by atoms with Crippen LogP contribution in [0.25, 0.3) is 11.3 Å². The van der Waals surface area contributed by atoms with Crippen LogP contribution in [0.4, 0.5) is 8.78 Å². The molecule has 184 valence electrons. The van der Waals surface area contributed by atoms with Gasteiger partial charge in [0.25, 0.3) is 0 Å². The summed E-state index contributed by atoms with van der Waals surface area (Å²) in [5, 5.41) is 10.6. The van der Waals surface area contributed by atoms with E-state index in [9.17, 15) is 13.6 Å². The number of ether oxygens (including phenoxy) is 1. The third-order valence-corrected chi connectivity index (χ3v) is 6.01. The van der Waals surface area contributed by atoms with Crippen LogP contribution in [0.5, 0.6) is 0 Å². The van der Waals surface area contributed by atoms with Crippen LogP contribution < -0.4 is 5.32 Å². The molecule has 2 heterocycles. The van der Waals surface area contributed by atoms with Crippen molar-refractivity contribution in [2.75, 3.05) is 26.3 Å². The van der Waals surface area contributed by atoms with E-state index in [0.717, 1.165) is 18.4 Å². The van der Waals surface area contributed by atoms with Gasteiger partial charge in [-0.1, -0.05) is 41.1 Å². The van der Waals surface area contributed by atoms with Crippen molar-refractivity contribution in [1.82, 2.24) is 25.2 Å². The fourth-order valence-corrected chi connectivity index (χ4v) is 4.06. The Morgan fingerprint density at radius 2 is 2.06 bits per heavy atom. The predicted octanol–water partition coefficient (Wildman–Crippen LogP) is 4.07. The quantitative estimate of drug-likeness (QED) is 0.322. The maximum atomic E-state index is 14.9. The Labute approximate surface area is 212 Å². The summed E-state index contributed by atoms with van der Waals surface area (Å²) in [4.78, 5) is 14.1. The third kappa shape index (κ3) is 6.59. The number of thiocarbonyl (C=S) groups is 1. The molecule has 0 saturated heterocycles. The van der Waals surface area contributed by atoms with Crippen LogP contribution in [-0.4, -0.2) is 56.6 Å². The summed E-state index contributed by atoms with van der Waals surface area (Å²) in [6, 6.07) is 2.41. The van der Waals surface area contributed by atoms with Crippen LogP contribution in [0.1, 0.15) is 30.5 Å². The van der Waals surface area contributed by atoms with Gasteiger partial charge in [-0.2, -0.15) is 0 Å². The molecule has 0 unspecified atom stereocenters. The minimum absolute atomic E-state index is 0.0201. The second kappa shape index (κ2) is 11.7. The Balaban J connectivity index is 1.37. The van der Waals surface area contributed by atoms with Crippen LogP contribution in [0.15, 0.2) is 48.2 Å². The smallest absolute Gasteiger partial charge is 0.248 e. The van der Waals surface area contributed by atoms with Crippen LogP contribution >= 0.6 is 23.8 Å². The Kier molecular flexibility index (Phi) is 8.37. The van der Waals surface area contributed by atoms with Crippen LogP contribution in [-0.2, 0) is 16.1 Å². The number of allylic oxidation sites excluding steroid dienone is 3. The van der Waals surface area contributed by atoms with E-state index in [1.165, 1.54) is 23.0 Å². The second-order valence-corrected chi connectivity index (χ2v) is 9.18. The van der Waals surface area contributed by atoms with Crippen LogP contribution in [0, 0.1) is 11.6 Å². The summed E-state index contributed by atoms with van der Waals surface area (Å²) in [6.45, 7) is 1.28. The van der Waals surface area contributed by atoms with Gasteiger partial charge in [-0.05, 0) is 42.6 Å². The molecule has 1 aromatic heterocycles. The van der Waals surface area contributed by atoms with Crippen LogP contribution in [0.3, 0.4) is 0 Å². The molecule has 35 heavy (non-hydrogen) atoms. The number of halogens is 3. The van der Waals surface area contributed by atoms with Crippen molar-refractivity contribution in [3.05, 3.63) is 71.1 Å². The largest absolute Gasteiger partial charge is 0.367 e. The molecule has 0 atom stereocenters. The van der Waals surface area contributed by atoms with E-state index >= 15 is 0 Å². The van der Waals surface area contributed by atoms with Gasteiger partial charge < -0.3 is 15.0 Å². The first-order valence-electron chi connectivity index (χ1n) is 11.1. The molecule has 1 aromatic carbocycles. The number of nitrogens with one attached hydrogen (secondary N) is 1. The molecule has 1 N–H and O–H groups in total. The van der Waals surface area contributed by atoms with E-state index in [-0.39, 0.29) is 41.3 Å². The monoisotopic (exact) mass is 519 g/mol. The number of amides is 1. The van der Waals surface area contributed by atoms with E-state index in [0.29, 0.717) is 30.8 Å². The van der Waals surface area contributed by atoms with Crippen molar-refractivity contribution < 1.29 is 18.3 Å². The molecule has 2 aromatic rings. The molecule has 4 rings (SSSR count). The highest BCUT2D eigenvalue weighted by Crippen LogP contribution is 2.29. The van der Waals surface area contributed by atoms with Gasteiger partial charge in [-0.25, -0.2) is 13.5 Å². The Bertz CT molecular complexity index is 1190. The van der Waals surface area contributed by atoms with Gasteiger partial charge >= 0.3 is 0 Å². The molecule has 1 aliphatic carbocycles. The molecule has 1 aliphatic heterocycles. The zero-order chi connectivity index (χ0) is 24.8. The number of carbonyl (C=O) groups is 1. The van der Waals surface area contributed by atoms with Crippen molar-refractivity contribution in [3.8, 4) is 5.69 Å². The first-order valence-corrected chi connectivity index (χ1v) is 11.9. The van der Waals surface area contributed by atoms with Crippen molar-refractivity contribution >= 4 is 39.7 Å². The zero-order valence-electron chi connectivity index (χ0n) is 18.8. The molecule has 0 spiro atoms. The van der Waals surface area contributed by atoms with Gasteiger partial charge in [-0.15, -0.1) is 5.10 Å². The summed E-state index contributed by atoms with van der Waals surface area (Å²) in [6.07, 6.45) is 11.6. The number of benzene rings is 1. The Hall–Kier alpha value is -2.95. The second-order valence-electron chi connectivity index (χ2n) is 8.17. The van der Waals surface area contributed by atoms with E-state index in [4.69, 9.17) is 28.6 Å². The first kappa shape index (κ1) is 25.2. The first-order chi connectivity index (χ1) is 16.9. The molecule has 0 saturated carbocycles. The molecule has 0 radical (unpaired) electrons. The maximum absolute atomic E-state index is 14.9. The molecule has 7 nitrogen and oxygen atoms in total. The highest BCUT2D eigenvalue weighted by atomic mass is 35.5. The molecule has 0 fully saturated rings. The van der Waals surface area contributed by atoms with Gasteiger partial charge in [-0.3, -0.25) is 4.79 Å². The highest BCUT2D eigenvalue weighted by molar-refractivity contribution is 7.83. The number of aromatic nitrogens is 3. The lowest BCUT2D eigenvalue weighted by molar-refractivity contribution is -0.135. The van der Waals surface area contributed by atoms with Crippen LogP contribution in [0.2, 0.25) is 0 Å². The van der Waals surface area contributed by atoms with Crippen molar-refractivity contribution in [2.45, 2.75) is 25.8 Å². The topological polar surface area (TPSA) is 72.3 Å². The predicted molar refractivity (Wildman–Crippen MR) is 133 cm³/mol. The average Bonchev–Trinajstić information content (AvgIpc) is 3.32. The van der Waals surface area contributed by atoms with E-state index in [2.05, 4.69) is 21.7 Å². The fourth-order valence-electron chi connectivity index (χ4n) is 3.92. The van der Waals surface area contributed by atoms with Crippen molar-refractivity contribution in [2.24, 2.45) is 0 Å². The summed E-state index contributed by atoms with van der Waals surface area (Å²) in [5.41, 5.74) is 2.30. The summed E-state index contributed by atoms with van der Waals surface area (Å²) < 4.78 is 36.8. The normalized spacial score (nSPS) is 15.6. The summed E-state index contributed by atoms with van der Waals surface area (Å²) in [7, 11) is 0. The molecule has 1 amide bonds. The molecule has 2 aliphatic rings. The molecule has 0 bridgehead atoms. The SMILES string of the molecule is O=C(COCC1=CC=CCC1)N1CC=C(c2c(F)cc(-n3cc(CNC(=S)Cl)nn3)cc2F)CC1. The van der Waals surface area contributed by atoms with Gasteiger partial charge in [0.05, 0.1) is 25.0 Å². The maximum Gasteiger partial charge on any atom is 0.248 e. The number of hydrogen-bond donors (Lipinski definition) is 1. The Morgan fingerprint density at radius 1 is 1.26 bits per heavy atom. The van der Waals surface area contributed by atoms with E-state index in [1.807, 2.05) is 12.2 Å². The minimum atomic E-state index is -0.707. The number of rotatable bonds is 8. The summed E-state index contributed by atoms with van der Waals surface area (Å²) in [5.74, 6) is -1.56. The lowest BCUT2D eigenvalue weighted by Crippen LogP contribution is -2.37. The zero-order valence-corrected chi connectivity index (χ0v) is 20.4. The number of carbonyl (C=O) groups excluding carboxylic acids is 1. The van der Waals surface area contributed by atoms with Crippen molar-refractivity contribution in [1.29, 1.82) is 0 Å². The fraction of sp³-hybridized carbons (Fsp3) is 0.333. The third-order valence-electron chi connectivity index (χ3n) is 5.74. The average molecular weight is 520 g/mol. The highest BCUT2D eigenvalue weighted by Gasteiger charge is 2.23. The minimum Gasteiger partial charge on any atom is -0.367 e. The molecular weight excluding hydrogens is 496 g/mol.